The quantitative estimate of drug-likeness (QED) is 0.916. The van der Waals surface area contributed by atoms with E-state index in [2.05, 4.69) is 14.9 Å². The first-order chi connectivity index (χ1) is 11.3. The maximum Gasteiger partial charge on any atom is 0.241 e. The molecule has 0 spiro atoms. The molecule has 0 unspecified atom stereocenters. The van der Waals surface area contributed by atoms with Gasteiger partial charge in [0.15, 0.2) is 5.82 Å². The van der Waals surface area contributed by atoms with E-state index in [-0.39, 0.29) is 4.90 Å². The van der Waals surface area contributed by atoms with Crippen molar-refractivity contribution in [3.63, 3.8) is 0 Å². The number of nitrogens with one attached hydrogen (secondary N) is 1. The molecule has 130 valence electrons. The molecule has 6 nitrogen and oxygen atoms in total. The second-order valence-electron chi connectivity index (χ2n) is 6.63. The summed E-state index contributed by atoms with van der Waals surface area (Å²) in [6.45, 7) is 5.59. The van der Waals surface area contributed by atoms with E-state index in [4.69, 9.17) is 4.52 Å². The highest BCUT2D eigenvalue weighted by atomic mass is 32.2. The van der Waals surface area contributed by atoms with Gasteiger partial charge < -0.3 is 4.52 Å². The molecule has 0 aliphatic heterocycles. The van der Waals surface area contributed by atoms with Crippen LogP contribution in [0, 0.1) is 20.8 Å². The van der Waals surface area contributed by atoms with E-state index in [1.807, 2.05) is 19.9 Å². The Balaban J connectivity index is 1.98. The van der Waals surface area contributed by atoms with Crippen molar-refractivity contribution in [2.45, 2.75) is 63.3 Å². The molecule has 0 radical (unpaired) electrons. The van der Waals surface area contributed by atoms with Gasteiger partial charge in [0.25, 0.3) is 0 Å². The summed E-state index contributed by atoms with van der Waals surface area (Å²) >= 11 is 0. The SMILES string of the molecule is Cc1nc(C2(NS(=O)(=O)c3ccc(C)c(C)c3)CCCCC2)no1. The number of hydrogen-bond acceptors (Lipinski definition) is 5. The zero-order chi connectivity index (χ0) is 17.4. The molecule has 1 aromatic heterocycles. The molecule has 7 heteroatoms. The Kier molecular flexibility index (Phi) is 4.48. The highest BCUT2D eigenvalue weighted by molar-refractivity contribution is 7.89. The van der Waals surface area contributed by atoms with Gasteiger partial charge in [0.1, 0.15) is 0 Å². The van der Waals surface area contributed by atoms with Crippen molar-refractivity contribution >= 4 is 10.0 Å². The minimum absolute atomic E-state index is 0.274. The lowest BCUT2D eigenvalue weighted by Crippen LogP contribution is -2.47. The number of benzene rings is 1. The molecule has 1 saturated carbocycles. The van der Waals surface area contributed by atoms with Crippen molar-refractivity contribution in [2.24, 2.45) is 0 Å². The maximum atomic E-state index is 13.0. The molecule has 3 rings (SSSR count). The van der Waals surface area contributed by atoms with E-state index >= 15 is 0 Å². The Morgan fingerprint density at radius 2 is 1.79 bits per heavy atom. The van der Waals surface area contributed by atoms with E-state index < -0.39 is 15.6 Å². The van der Waals surface area contributed by atoms with Gasteiger partial charge >= 0.3 is 0 Å². The van der Waals surface area contributed by atoms with Gasteiger partial charge in [-0.2, -0.15) is 9.71 Å². The van der Waals surface area contributed by atoms with Crippen LogP contribution < -0.4 is 4.72 Å². The van der Waals surface area contributed by atoms with Crippen LogP contribution in [0.2, 0.25) is 0 Å². The molecule has 1 fully saturated rings. The van der Waals surface area contributed by atoms with Crippen molar-refractivity contribution < 1.29 is 12.9 Å². The highest BCUT2D eigenvalue weighted by Crippen LogP contribution is 2.37. The van der Waals surface area contributed by atoms with Crippen LogP contribution in [0.1, 0.15) is 54.9 Å². The molecule has 24 heavy (non-hydrogen) atoms. The van der Waals surface area contributed by atoms with Crippen LogP contribution in [0.4, 0.5) is 0 Å². The molecule has 2 aromatic rings. The minimum atomic E-state index is -3.67. The first-order valence-corrected chi connectivity index (χ1v) is 9.73. The predicted molar refractivity (Wildman–Crippen MR) is 90.0 cm³/mol. The number of aryl methyl sites for hydroxylation is 3. The van der Waals surface area contributed by atoms with Crippen LogP contribution in [0.15, 0.2) is 27.6 Å². The summed E-state index contributed by atoms with van der Waals surface area (Å²) < 4.78 is 33.9. The average molecular weight is 349 g/mol. The van der Waals surface area contributed by atoms with E-state index in [9.17, 15) is 8.42 Å². The number of aromatic nitrogens is 2. The van der Waals surface area contributed by atoms with Crippen molar-refractivity contribution in [3.8, 4) is 0 Å². The molecule has 0 atom stereocenters. The van der Waals surface area contributed by atoms with E-state index in [1.54, 1.807) is 19.1 Å². The van der Waals surface area contributed by atoms with E-state index in [1.165, 1.54) is 0 Å². The van der Waals surface area contributed by atoms with Crippen molar-refractivity contribution in [2.75, 3.05) is 0 Å². The van der Waals surface area contributed by atoms with Crippen LogP contribution >= 0.6 is 0 Å². The summed E-state index contributed by atoms with van der Waals surface area (Å²) in [5.41, 5.74) is 1.23. The summed E-state index contributed by atoms with van der Waals surface area (Å²) in [5.74, 6) is 0.882. The zero-order valence-electron chi connectivity index (χ0n) is 14.3. The van der Waals surface area contributed by atoms with Gasteiger partial charge in [-0.3, -0.25) is 0 Å². The largest absolute Gasteiger partial charge is 0.340 e. The molecule has 1 heterocycles. The normalized spacial score (nSPS) is 17.8. The summed E-state index contributed by atoms with van der Waals surface area (Å²) in [7, 11) is -3.67. The zero-order valence-corrected chi connectivity index (χ0v) is 15.1. The Morgan fingerprint density at radius 3 is 2.38 bits per heavy atom. The summed E-state index contributed by atoms with van der Waals surface area (Å²) in [4.78, 5) is 4.59. The van der Waals surface area contributed by atoms with E-state index in [0.717, 1.165) is 30.4 Å². The van der Waals surface area contributed by atoms with Crippen LogP contribution in [-0.4, -0.2) is 18.6 Å². The number of hydrogen-bond donors (Lipinski definition) is 1. The predicted octanol–water partition coefficient (Wildman–Crippen LogP) is 3.13. The number of sulfonamides is 1. The van der Waals surface area contributed by atoms with E-state index in [0.29, 0.717) is 24.6 Å². The Hall–Kier alpha value is -1.73. The molecular weight excluding hydrogens is 326 g/mol. The maximum absolute atomic E-state index is 13.0. The molecule has 0 saturated heterocycles. The fourth-order valence-corrected chi connectivity index (χ4v) is 4.72. The van der Waals surface area contributed by atoms with Gasteiger partial charge in [-0.15, -0.1) is 0 Å². The van der Waals surface area contributed by atoms with Gasteiger partial charge in [0, 0.05) is 6.92 Å². The molecule has 0 bridgehead atoms. The van der Waals surface area contributed by atoms with Gasteiger partial charge in [-0.05, 0) is 49.9 Å². The second kappa shape index (κ2) is 6.29. The van der Waals surface area contributed by atoms with Crippen molar-refractivity contribution in [1.29, 1.82) is 0 Å². The Morgan fingerprint density at radius 1 is 1.08 bits per heavy atom. The summed E-state index contributed by atoms with van der Waals surface area (Å²) in [6.07, 6.45) is 4.31. The molecule has 1 aromatic carbocycles. The minimum Gasteiger partial charge on any atom is -0.340 e. The fourth-order valence-electron chi connectivity index (χ4n) is 3.22. The highest BCUT2D eigenvalue weighted by Gasteiger charge is 2.42. The lowest BCUT2D eigenvalue weighted by atomic mass is 9.82. The van der Waals surface area contributed by atoms with Crippen LogP contribution in [-0.2, 0) is 15.6 Å². The van der Waals surface area contributed by atoms with Gasteiger partial charge in [-0.1, -0.05) is 30.5 Å². The number of nitrogens with zero attached hydrogens (tertiary/aromatic N) is 2. The van der Waals surface area contributed by atoms with Crippen molar-refractivity contribution in [3.05, 3.63) is 41.0 Å². The van der Waals surface area contributed by atoms with Crippen molar-refractivity contribution in [1.82, 2.24) is 14.9 Å². The third-order valence-corrected chi connectivity index (χ3v) is 6.32. The standard InChI is InChI=1S/C17H23N3O3S/c1-12-7-8-15(11-13(12)2)24(21,22)20-17(9-5-4-6-10-17)16-18-14(3)23-19-16/h7-8,11,20H,4-6,9-10H2,1-3H3. The van der Waals surface area contributed by atoms with Gasteiger partial charge in [0.2, 0.25) is 15.9 Å². The van der Waals surface area contributed by atoms with Crippen LogP contribution in [0.5, 0.6) is 0 Å². The Bertz CT molecular complexity index is 837. The fraction of sp³-hybridized carbons (Fsp3) is 0.529. The topological polar surface area (TPSA) is 85.1 Å². The molecule has 0 amide bonds. The number of rotatable bonds is 4. The second-order valence-corrected chi connectivity index (χ2v) is 8.31. The summed E-state index contributed by atoms with van der Waals surface area (Å²) in [6, 6.07) is 5.17. The van der Waals surface area contributed by atoms with Gasteiger partial charge in [0.05, 0.1) is 10.4 Å². The monoisotopic (exact) mass is 349 g/mol. The van der Waals surface area contributed by atoms with Crippen LogP contribution in [0.3, 0.4) is 0 Å². The lowest BCUT2D eigenvalue weighted by Gasteiger charge is -2.34. The van der Waals surface area contributed by atoms with Gasteiger partial charge in [-0.25, -0.2) is 8.42 Å². The Labute approximate surface area is 142 Å². The molecule has 1 aliphatic carbocycles. The average Bonchev–Trinajstić information content (AvgIpc) is 2.97. The lowest BCUT2D eigenvalue weighted by molar-refractivity contribution is 0.248. The molecule has 1 N–H and O–H groups in total. The molecule has 1 aliphatic rings. The summed E-state index contributed by atoms with van der Waals surface area (Å²) in [5, 5.41) is 4.01. The smallest absolute Gasteiger partial charge is 0.241 e. The first-order valence-electron chi connectivity index (χ1n) is 8.24. The third kappa shape index (κ3) is 3.23. The molecular formula is C17H23N3O3S. The third-order valence-electron chi connectivity index (χ3n) is 4.78. The van der Waals surface area contributed by atoms with Crippen LogP contribution in [0.25, 0.3) is 0 Å². The first kappa shape index (κ1) is 17.1.